The van der Waals surface area contributed by atoms with Crippen molar-refractivity contribution in [1.82, 2.24) is 4.90 Å². The van der Waals surface area contributed by atoms with E-state index in [1.807, 2.05) is 45.1 Å². The van der Waals surface area contributed by atoms with Crippen LogP contribution in [0.2, 0.25) is 0 Å². The summed E-state index contributed by atoms with van der Waals surface area (Å²) in [7, 11) is 3.94. The molecule has 0 atom stereocenters. The molecular formula is C8H17N. The molecule has 9 heavy (non-hydrogen) atoms. The summed E-state index contributed by atoms with van der Waals surface area (Å²) < 4.78 is 0. The third-order valence-corrected chi connectivity index (χ3v) is 0.520. The molecule has 0 fully saturated rings. The first-order valence-electron chi connectivity index (χ1n) is 3.23. The van der Waals surface area contributed by atoms with Gasteiger partial charge < -0.3 is 4.90 Å². The Morgan fingerprint density at radius 3 is 1.78 bits per heavy atom. The Bertz CT molecular complexity index is 72.6. The highest BCUT2D eigenvalue weighted by Gasteiger charge is 1.67. The van der Waals surface area contributed by atoms with E-state index in [1.165, 1.54) is 0 Å². The van der Waals surface area contributed by atoms with Gasteiger partial charge in [0, 0.05) is 14.1 Å². The average molecular weight is 127 g/mol. The van der Waals surface area contributed by atoms with E-state index < -0.39 is 0 Å². The summed E-state index contributed by atoms with van der Waals surface area (Å²) in [6.45, 7) is 7.52. The smallest absolute Gasteiger partial charge is 0.00556 e. The van der Waals surface area contributed by atoms with Crippen molar-refractivity contribution >= 4 is 0 Å². The van der Waals surface area contributed by atoms with Gasteiger partial charge in [-0.15, -0.1) is 0 Å². The third kappa shape index (κ3) is 18.9. The van der Waals surface area contributed by atoms with Crippen LogP contribution in [-0.2, 0) is 0 Å². The van der Waals surface area contributed by atoms with Gasteiger partial charge in [0.05, 0.1) is 0 Å². The van der Waals surface area contributed by atoms with E-state index in [1.54, 1.807) is 6.08 Å². The quantitative estimate of drug-likeness (QED) is 0.514. The fraction of sp³-hybridized carbons (Fsp3) is 0.500. The highest BCUT2D eigenvalue weighted by Crippen LogP contribution is 1.75. The Labute approximate surface area is 58.7 Å². The standard InChI is InChI=1S/C6H11N.C2H6/c1-4-5-6-7(2)3;1-2/h4-6H,1H2,2-3H3;1-2H3/b6-5-;. The predicted octanol–water partition coefficient (Wildman–Crippen LogP) is 2.27. The largest absolute Gasteiger partial charge is 0.383 e. The lowest BCUT2D eigenvalue weighted by atomic mass is 10.6. The SMILES string of the molecule is C=C/C=C\N(C)C.CC. The van der Waals surface area contributed by atoms with Crippen LogP contribution in [0.3, 0.4) is 0 Å². The lowest BCUT2D eigenvalue weighted by Gasteiger charge is -2.00. The number of allylic oxidation sites excluding steroid dienone is 2. The fourth-order valence-electron chi connectivity index (χ4n) is 0.233. The van der Waals surface area contributed by atoms with Crippen LogP contribution in [0.15, 0.2) is 24.9 Å². The number of hydrogen-bond donors (Lipinski definition) is 0. The lowest BCUT2D eigenvalue weighted by molar-refractivity contribution is 0.564. The molecule has 0 unspecified atom stereocenters. The van der Waals surface area contributed by atoms with E-state index in [2.05, 4.69) is 6.58 Å². The predicted molar refractivity (Wildman–Crippen MR) is 44.4 cm³/mol. The molecule has 0 radical (unpaired) electrons. The summed E-state index contributed by atoms with van der Waals surface area (Å²) in [4.78, 5) is 1.96. The zero-order valence-corrected chi connectivity index (χ0v) is 6.89. The average Bonchev–Trinajstić information content (AvgIpc) is 1.88. The Hall–Kier alpha value is -0.720. The summed E-state index contributed by atoms with van der Waals surface area (Å²) in [5, 5.41) is 0. The Morgan fingerprint density at radius 2 is 1.67 bits per heavy atom. The minimum absolute atomic E-state index is 1.75. The van der Waals surface area contributed by atoms with E-state index in [-0.39, 0.29) is 0 Å². The Balaban J connectivity index is 0. The zero-order chi connectivity index (χ0) is 7.70. The molecular weight excluding hydrogens is 110 g/mol. The van der Waals surface area contributed by atoms with E-state index >= 15 is 0 Å². The molecule has 0 heterocycles. The van der Waals surface area contributed by atoms with Crippen LogP contribution in [0.5, 0.6) is 0 Å². The van der Waals surface area contributed by atoms with Gasteiger partial charge in [0.15, 0.2) is 0 Å². The van der Waals surface area contributed by atoms with E-state index in [0.717, 1.165) is 0 Å². The van der Waals surface area contributed by atoms with Crippen molar-refractivity contribution in [3.05, 3.63) is 24.9 Å². The third-order valence-electron chi connectivity index (χ3n) is 0.520. The molecule has 0 aliphatic heterocycles. The maximum Gasteiger partial charge on any atom is 0.00556 e. The second kappa shape index (κ2) is 10.3. The second-order valence-corrected chi connectivity index (χ2v) is 1.54. The molecule has 0 saturated heterocycles. The first-order chi connectivity index (χ1) is 4.27. The van der Waals surface area contributed by atoms with Crippen LogP contribution < -0.4 is 0 Å². The maximum atomic E-state index is 3.52. The molecule has 0 rings (SSSR count). The highest BCUT2D eigenvalue weighted by atomic mass is 15.0. The summed E-state index contributed by atoms with van der Waals surface area (Å²) in [6, 6.07) is 0. The van der Waals surface area contributed by atoms with Crippen LogP contribution in [0.4, 0.5) is 0 Å². The summed E-state index contributed by atoms with van der Waals surface area (Å²) >= 11 is 0. The van der Waals surface area contributed by atoms with E-state index in [4.69, 9.17) is 0 Å². The van der Waals surface area contributed by atoms with Gasteiger partial charge in [0.2, 0.25) is 0 Å². The summed E-state index contributed by atoms with van der Waals surface area (Å²) in [5.41, 5.74) is 0. The Kier molecular flexibility index (Phi) is 12.7. The molecule has 0 aliphatic rings. The molecule has 0 N–H and O–H groups in total. The van der Waals surface area contributed by atoms with Gasteiger partial charge in [0.1, 0.15) is 0 Å². The van der Waals surface area contributed by atoms with Crippen LogP contribution in [0, 0.1) is 0 Å². The molecule has 0 amide bonds. The van der Waals surface area contributed by atoms with E-state index in [0.29, 0.717) is 0 Å². The molecule has 0 spiro atoms. The van der Waals surface area contributed by atoms with E-state index in [9.17, 15) is 0 Å². The van der Waals surface area contributed by atoms with Gasteiger partial charge in [0.25, 0.3) is 0 Å². The first kappa shape index (κ1) is 11.1. The summed E-state index contributed by atoms with van der Waals surface area (Å²) in [5.74, 6) is 0. The molecule has 1 nitrogen and oxygen atoms in total. The maximum absolute atomic E-state index is 3.52. The molecule has 0 aromatic heterocycles. The molecule has 0 aliphatic carbocycles. The van der Waals surface area contributed by atoms with Gasteiger partial charge in [-0.1, -0.05) is 26.5 Å². The van der Waals surface area contributed by atoms with Gasteiger partial charge >= 0.3 is 0 Å². The Morgan fingerprint density at radius 1 is 1.22 bits per heavy atom. The summed E-state index contributed by atoms with van der Waals surface area (Å²) in [6.07, 6.45) is 5.58. The highest BCUT2D eigenvalue weighted by molar-refractivity contribution is 4.95. The first-order valence-corrected chi connectivity index (χ1v) is 3.23. The second-order valence-electron chi connectivity index (χ2n) is 1.54. The number of nitrogens with zero attached hydrogens (tertiary/aromatic N) is 1. The van der Waals surface area contributed by atoms with Crippen molar-refractivity contribution in [2.24, 2.45) is 0 Å². The van der Waals surface area contributed by atoms with Gasteiger partial charge in [-0.3, -0.25) is 0 Å². The minimum atomic E-state index is 1.75. The van der Waals surface area contributed by atoms with Crippen LogP contribution in [-0.4, -0.2) is 19.0 Å². The zero-order valence-electron chi connectivity index (χ0n) is 6.89. The van der Waals surface area contributed by atoms with Crippen molar-refractivity contribution < 1.29 is 0 Å². The molecule has 54 valence electrons. The topological polar surface area (TPSA) is 3.24 Å². The molecule has 0 aromatic carbocycles. The fourth-order valence-corrected chi connectivity index (χ4v) is 0.233. The molecule has 1 heteroatoms. The molecule has 0 saturated carbocycles. The monoisotopic (exact) mass is 127 g/mol. The van der Waals surface area contributed by atoms with Crippen molar-refractivity contribution in [1.29, 1.82) is 0 Å². The molecule has 0 aromatic rings. The van der Waals surface area contributed by atoms with Crippen molar-refractivity contribution in [2.45, 2.75) is 13.8 Å². The van der Waals surface area contributed by atoms with Crippen LogP contribution in [0.1, 0.15) is 13.8 Å². The van der Waals surface area contributed by atoms with Crippen molar-refractivity contribution in [3.63, 3.8) is 0 Å². The van der Waals surface area contributed by atoms with Crippen LogP contribution in [0.25, 0.3) is 0 Å². The lowest BCUT2D eigenvalue weighted by Crippen LogP contribution is -1.99. The normalized spacial score (nSPS) is 8.00. The minimum Gasteiger partial charge on any atom is -0.383 e. The van der Waals surface area contributed by atoms with Gasteiger partial charge in [-0.2, -0.15) is 0 Å². The molecule has 0 bridgehead atoms. The van der Waals surface area contributed by atoms with Crippen LogP contribution >= 0.6 is 0 Å². The number of hydrogen-bond acceptors (Lipinski definition) is 1. The number of rotatable bonds is 2. The van der Waals surface area contributed by atoms with Crippen molar-refractivity contribution in [3.8, 4) is 0 Å². The van der Waals surface area contributed by atoms with Crippen molar-refractivity contribution in [2.75, 3.05) is 14.1 Å². The van der Waals surface area contributed by atoms with Gasteiger partial charge in [-0.05, 0) is 12.3 Å². The van der Waals surface area contributed by atoms with Gasteiger partial charge in [-0.25, -0.2) is 0 Å².